The average molecular weight is 704 g/mol. The number of ether oxygens (including phenoxy) is 3. The third-order valence-corrected chi connectivity index (χ3v) is 11.7. The standard InChI is InChI=1S/C36H49NO11S/c1-7-9-13-28(38)46-26-15-16-34(3)25(35(26,4)21-44-49(6,42)43)19-27(47-29(39)14-10-8-2)36(5)32(34)31(40)30-24(48-36)18-23(45-33(30)41)22-12-11-17-37-20-22/h11-12,17-18,20,25-27,31-32,40H,7-10,13-16,19,21H2,1-6H3/t25?,26-,27-,31-,32?,34-,35-,36+/m0/s1. The van der Waals surface area contributed by atoms with Crippen LogP contribution in [0.2, 0.25) is 0 Å². The van der Waals surface area contributed by atoms with Crippen molar-refractivity contribution in [3.05, 3.63) is 46.6 Å². The van der Waals surface area contributed by atoms with Crippen molar-refractivity contribution in [1.29, 1.82) is 0 Å². The molecule has 3 aliphatic rings. The summed E-state index contributed by atoms with van der Waals surface area (Å²) >= 11 is 0. The van der Waals surface area contributed by atoms with E-state index in [0.717, 1.165) is 19.1 Å². The zero-order valence-electron chi connectivity index (χ0n) is 29.2. The summed E-state index contributed by atoms with van der Waals surface area (Å²) in [5, 5.41) is 12.3. The summed E-state index contributed by atoms with van der Waals surface area (Å²) < 4.78 is 54.9. The van der Waals surface area contributed by atoms with E-state index in [0.29, 0.717) is 31.2 Å². The molecule has 8 atom stereocenters. The minimum atomic E-state index is -3.91. The highest BCUT2D eigenvalue weighted by molar-refractivity contribution is 7.85. The molecule has 0 spiro atoms. The van der Waals surface area contributed by atoms with Crippen molar-refractivity contribution in [2.45, 2.75) is 116 Å². The van der Waals surface area contributed by atoms with Crippen molar-refractivity contribution in [1.82, 2.24) is 4.98 Å². The Labute approximate surface area is 288 Å². The Bertz CT molecular complexity index is 1690. The number of nitrogens with zero attached hydrogens (tertiary/aromatic N) is 1. The molecule has 2 aromatic heterocycles. The number of esters is 2. The Morgan fingerprint density at radius 3 is 2.31 bits per heavy atom. The molecule has 13 heteroatoms. The topological polar surface area (TPSA) is 169 Å². The number of unbranched alkanes of at least 4 members (excludes halogenated alkanes) is 2. The number of aromatic nitrogens is 1. The molecular formula is C36H49NO11S. The van der Waals surface area contributed by atoms with Gasteiger partial charge >= 0.3 is 17.6 Å². The molecule has 2 unspecified atom stereocenters. The predicted octanol–water partition coefficient (Wildman–Crippen LogP) is 5.51. The summed E-state index contributed by atoms with van der Waals surface area (Å²) in [5.41, 5.74) is -3.52. The highest BCUT2D eigenvalue weighted by Gasteiger charge is 2.70. The van der Waals surface area contributed by atoms with Crippen LogP contribution in [0.25, 0.3) is 11.3 Å². The van der Waals surface area contributed by atoms with E-state index in [2.05, 4.69) is 4.98 Å². The lowest BCUT2D eigenvalue weighted by molar-refractivity contribution is -0.269. The second-order valence-electron chi connectivity index (χ2n) is 14.6. The van der Waals surface area contributed by atoms with Crippen molar-refractivity contribution >= 4 is 22.1 Å². The van der Waals surface area contributed by atoms with Gasteiger partial charge in [-0.25, -0.2) is 4.79 Å². The van der Waals surface area contributed by atoms with E-state index in [1.807, 2.05) is 27.7 Å². The SMILES string of the molecule is CCCCC(=O)O[C@H]1CC[C@@]2(C)C(C[C@H](OC(=O)CCCC)[C@@]3(C)Oc4cc(-c5cccnc5)oc(=O)c4[C@H](O)C23)[C@]1(C)COS(C)(=O)=O. The molecule has 3 heterocycles. The van der Waals surface area contributed by atoms with Gasteiger partial charge in [0.2, 0.25) is 0 Å². The molecule has 1 aliphatic heterocycles. The monoisotopic (exact) mass is 703 g/mol. The Morgan fingerprint density at radius 2 is 1.71 bits per heavy atom. The summed E-state index contributed by atoms with van der Waals surface area (Å²) in [7, 11) is -3.91. The third kappa shape index (κ3) is 7.16. The number of rotatable bonds is 12. The highest BCUT2D eigenvalue weighted by Crippen LogP contribution is 2.67. The van der Waals surface area contributed by atoms with Gasteiger partial charge in [-0.1, -0.05) is 40.5 Å². The number of pyridine rings is 1. The Hall–Kier alpha value is -3.29. The van der Waals surface area contributed by atoms with E-state index < -0.39 is 68.3 Å². The van der Waals surface area contributed by atoms with Gasteiger partial charge in [-0.15, -0.1) is 0 Å². The zero-order chi connectivity index (χ0) is 35.8. The van der Waals surface area contributed by atoms with E-state index in [1.165, 1.54) is 0 Å². The van der Waals surface area contributed by atoms with E-state index >= 15 is 0 Å². The summed E-state index contributed by atoms with van der Waals surface area (Å²) in [6.07, 6.45) is 5.27. The Balaban J connectivity index is 1.64. The smallest absolute Gasteiger partial charge is 0.345 e. The first-order valence-corrected chi connectivity index (χ1v) is 19.1. The minimum Gasteiger partial charge on any atom is -0.482 e. The van der Waals surface area contributed by atoms with Gasteiger partial charge in [-0.2, -0.15) is 8.42 Å². The number of hydrogen-bond acceptors (Lipinski definition) is 12. The molecule has 2 aromatic rings. The maximum absolute atomic E-state index is 13.6. The number of hydrogen-bond donors (Lipinski definition) is 1. The van der Waals surface area contributed by atoms with Crippen molar-refractivity contribution in [2.24, 2.45) is 22.7 Å². The summed E-state index contributed by atoms with van der Waals surface area (Å²) in [5.74, 6) is -1.82. The van der Waals surface area contributed by atoms with Crippen molar-refractivity contribution < 1.29 is 45.9 Å². The zero-order valence-corrected chi connectivity index (χ0v) is 30.0. The number of carbonyl (C=O) groups is 2. The summed E-state index contributed by atoms with van der Waals surface area (Å²) in [4.78, 5) is 44.0. The van der Waals surface area contributed by atoms with Gasteiger partial charge in [-0.05, 0) is 62.5 Å². The fourth-order valence-corrected chi connectivity index (χ4v) is 9.16. The first-order valence-electron chi connectivity index (χ1n) is 17.3. The molecule has 5 rings (SSSR count). The van der Waals surface area contributed by atoms with E-state index in [1.54, 1.807) is 37.5 Å². The highest BCUT2D eigenvalue weighted by atomic mass is 32.2. The van der Waals surface area contributed by atoms with Crippen LogP contribution in [0.5, 0.6) is 5.75 Å². The molecule has 12 nitrogen and oxygen atoms in total. The maximum atomic E-state index is 13.6. The molecular weight excluding hydrogens is 654 g/mol. The number of aliphatic hydroxyl groups excluding tert-OH is 1. The molecule has 2 fully saturated rings. The molecule has 2 aliphatic carbocycles. The largest absolute Gasteiger partial charge is 0.482 e. The average Bonchev–Trinajstić information content (AvgIpc) is 3.04. The quantitative estimate of drug-likeness (QED) is 0.218. The van der Waals surface area contributed by atoms with Crippen LogP contribution >= 0.6 is 0 Å². The normalized spacial score (nSPS) is 32.2. The van der Waals surface area contributed by atoms with Gasteiger partial charge in [0.05, 0.1) is 19.0 Å². The number of carbonyl (C=O) groups excluding carboxylic acids is 2. The number of fused-ring (bicyclic) bond motifs is 4. The van der Waals surface area contributed by atoms with Crippen LogP contribution in [0.4, 0.5) is 0 Å². The van der Waals surface area contributed by atoms with Gasteiger partial charge in [0.15, 0.2) is 0 Å². The van der Waals surface area contributed by atoms with Crippen LogP contribution in [0.15, 0.2) is 39.8 Å². The Kier molecular flexibility index (Phi) is 10.7. The van der Waals surface area contributed by atoms with Gasteiger partial charge in [0.1, 0.15) is 34.9 Å². The van der Waals surface area contributed by atoms with Crippen LogP contribution in [0.1, 0.15) is 104 Å². The van der Waals surface area contributed by atoms with E-state index in [4.69, 9.17) is 22.8 Å². The molecule has 49 heavy (non-hydrogen) atoms. The van der Waals surface area contributed by atoms with Crippen LogP contribution in [-0.4, -0.2) is 61.1 Å². The van der Waals surface area contributed by atoms with Gasteiger partial charge in [-0.3, -0.25) is 18.8 Å². The third-order valence-electron chi connectivity index (χ3n) is 11.1. The fourth-order valence-electron chi connectivity index (χ4n) is 8.69. The molecule has 2 saturated carbocycles. The predicted molar refractivity (Wildman–Crippen MR) is 179 cm³/mol. The lowest BCUT2D eigenvalue weighted by Gasteiger charge is -2.66. The van der Waals surface area contributed by atoms with E-state index in [-0.39, 0.29) is 48.9 Å². The van der Waals surface area contributed by atoms with Crippen molar-refractivity contribution in [3.8, 4) is 17.1 Å². The van der Waals surface area contributed by atoms with Crippen LogP contribution < -0.4 is 10.4 Å². The number of aliphatic hydroxyl groups is 1. The second kappa shape index (κ2) is 14.1. The first-order chi connectivity index (χ1) is 23.1. The van der Waals surface area contributed by atoms with E-state index in [9.17, 15) is 27.9 Å². The molecule has 0 amide bonds. The maximum Gasteiger partial charge on any atom is 0.345 e. The molecule has 1 N–H and O–H groups in total. The van der Waals surface area contributed by atoms with Crippen LogP contribution in [0.3, 0.4) is 0 Å². The van der Waals surface area contributed by atoms with Crippen molar-refractivity contribution in [2.75, 3.05) is 12.9 Å². The first kappa shape index (κ1) is 37.0. The van der Waals surface area contributed by atoms with Gasteiger partial charge < -0.3 is 23.7 Å². The molecule has 0 aromatic carbocycles. The summed E-state index contributed by atoms with van der Waals surface area (Å²) in [6.45, 7) is 9.24. The lowest BCUT2D eigenvalue weighted by atomic mass is 9.42. The minimum absolute atomic E-state index is 0.0461. The molecule has 0 saturated heterocycles. The Morgan fingerprint density at radius 1 is 1.06 bits per heavy atom. The molecule has 270 valence electrons. The van der Waals surface area contributed by atoms with Crippen molar-refractivity contribution in [3.63, 3.8) is 0 Å². The molecule has 0 bridgehead atoms. The van der Waals surface area contributed by atoms with Gasteiger partial charge in [0, 0.05) is 48.2 Å². The fraction of sp³-hybridized carbons (Fsp3) is 0.667. The van der Waals surface area contributed by atoms with Crippen LogP contribution in [-0.2, 0) is 33.4 Å². The molecule has 0 radical (unpaired) electrons. The summed E-state index contributed by atoms with van der Waals surface area (Å²) in [6, 6.07) is 5.00. The van der Waals surface area contributed by atoms with Crippen LogP contribution in [0, 0.1) is 22.7 Å². The van der Waals surface area contributed by atoms with Gasteiger partial charge in [0.25, 0.3) is 10.1 Å². The second-order valence-corrected chi connectivity index (χ2v) is 16.2. The lowest BCUT2D eigenvalue weighted by Crippen LogP contribution is -2.71.